The van der Waals surface area contributed by atoms with Crippen molar-refractivity contribution in [2.24, 2.45) is 17.3 Å². The number of nitrogens with one attached hydrogen (secondary N) is 2. The van der Waals surface area contributed by atoms with Gasteiger partial charge in [-0.25, -0.2) is 4.98 Å². The number of Topliss-reactive ketones (excluding diaryl/α,β-unsaturated/α-hetero) is 1. The van der Waals surface area contributed by atoms with E-state index in [9.17, 15) is 4.79 Å². The minimum Gasteiger partial charge on any atom is -0.497 e. The molecule has 35 heavy (non-hydrogen) atoms. The average molecular weight is 482 g/mol. The van der Waals surface area contributed by atoms with E-state index >= 15 is 0 Å². The van der Waals surface area contributed by atoms with Crippen LogP contribution in [0.3, 0.4) is 0 Å². The van der Waals surface area contributed by atoms with E-state index in [1.165, 1.54) is 44.1 Å². The summed E-state index contributed by atoms with van der Waals surface area (Å²) < 4.78 is 5.46. The monoisotopic (exact) mass is 481 g/mol. The molecule has 2 fully saturated rings. The van der Waals surface area contributed by atoms with Crippen molar-refractivity contribution in [3.63, 3.8) is 0 Å². The number of hydrogen-bond donors (Lipinski definition) is 3. The Bertz CT molecular complexity index is 1020. The normalized spacial score (nSPS) is 28.7. The SMILES string of the molecule is CC(=O)O.COc1ccc2c(c1)CC[C@@H]1[C@@H]2CC[C@]2(C)[C@@H](NCCCC(=O)c3ncc[nH]3)CC[C@@H]12. The number of ketones is 1. The fraction of sp³-hybridized carbons (Fsp3) is 0.607. The number of carbonyl (C=O) groups is 2. The van der Waals surface area contributed by atoms with Crippen molar-refractivity contribution in [1.82, 2.24) is 15.3 Å². The number of aromatic nitrogens is 2. The van der Waals surface area contributed by atoms with Crippen LogP contribution in [0, 0.1) is 17.3 Å². The average Bonchev–Trinajstić information content (AvgIpc) is 3.49. The first-order valence-electron chi connectivity index (χ1n) is 13.0. The second kappa shape index (κ2) is 10.9. The summed E-state index contributed by atoms with van der Waals surface area (Å²) in [6, 6.07) is 7.34. The highest BCUT2D eigenvalue weighted by atomic mass is 16.5. The van der Waals surface area contributed by atoms with Crippen LogP contribution in [0.4, 0.5) is 0 Å². The number of carboxylic acid groups (broad SMARTS) is 1. The maximum Gasteiger partial charge on any atom is 0.300 e. The number of fused-ring (bicyclic) bond motifs is 5. The summed E-state index contributed by atoms with van der Waals surface area (Å²) in [6.07, 6.45) is 12.5. The van der Waals surface area contributed by atoms with Crippen LogP contribution in [-0.2, 0) is 11.2 Å². The minimum atomic E-state index is -0.833. The molecule has 190 valence electrons. The van der Waals surface area contributed by atoms with E-state index in [2.05, 4.69) is 40.4 Å². The molecule has 1 aromatic carbocycles. The molecule has 3 N–H and O–H groups in total. The van der Waals surface area contributed by atoms with Gasteiger partial charge in [-0.1, -0.05) is 13.0 Å². The van der Waals surface area contributed by atoms with Crippen LogP contribution in [0.15, 0.2) is 30.6 Å². The first-order chi connectivity index (χ1) is 16.8. The van der Waals surface area contributed by atoms with Crippen molar-refractivity contribution in [1.29, 1.82) is 0 Å². The number of benzene rings is 1. The highest BCUT2D eigenvalue weighted by molar-refractivity contribution is 5.92. The molecule has 0 spiro atoms. The van der Waals surface area contributed by atoms with Crippen LogP contribution in [0.2, 0.25) is 0 Å². The Morgan fingerprint density at radius 3 is 2.77 bits per heavy atom. The first kappa shape index (κ1) is 25.4. The van der Waals surface area contributed by atoms with Gasteiger partial charge in [0.25, 0.3) is 5.97 Å². The van der Waals surface area contributed by atoms with Gasteiger partial charge in [-0.2, -0.15) is 0 Å². The minimum absolute atomic E-state index is 0.111. The number of ether oxygens (including phenoxy) is 1. The molecule has 7 heteroatoms. The van der Waals surface area contributed by atoms with E-state index in [4.69, 9.17) is 14.6 Å². The van der Waals surface area contributed by atoms with Crippen LogP contribution in [0.5, 0.6) is 5.75 Å². The number of hydrogen-bond acceptors (Lipinski definition) is 5. The van der Waals surface area contributed by atoms with Gasteiger partial charge in [-0.15, -0.1) is 0 Å². The van der Waals surface area contributed by atoms with Crippen molar-refractivity contribution >= 4 is 11.8 Å². The molecule has 0 unspecified atom stereocenters. The second-order valence-corrected chi connectivity index (χ2v) is 10.6. The predicted molar refractivity (Wildman–Crippen MR) is 135 cm³/mol. The van der Waals surface area contributed by atoms with E-state index in [0.717, 1.165) is 43.4 Å². The zero-order valence-electron chi connectivity index (χ0n) is 21.2. The zero-order valence-corrected chi connectivity index (χ0v) is 21.2. The van der Waals surface area contributed by atoms with Gasteiger partial charge >= 0.3 is 0 Å². The summed E-state index contributed by atoms with van der Waals surface area (Å²) in [5.41, 5.74) is 3.49. The van der Waals surface area contributed by atoms with E-state index < -0.39 is 5.97 Å². The maximum atomic E-state index is 12.2. The molecule has 7 nitrogen and oxygen atoms in total. The molecule has 1 aromatic heterocycles. The third-order valence-corrected chi connectivity index (χ3v) is 8.67. The number of rotatable bonds is 7. The van der Waals surface area contributed by atoms with Crippen LogP contribution in [0.1, 0.15) is 86.5 Å². The lowest BCUT2D eigenvalue weighted by Crippen LogP contribution is -2.48. The molecular weight excluding hydrogens is 442 g/mol. The molecular formula is C28H39N3O4. The van der Waals surface area contributed by atoms with E-state index in [-0.39, 0.29) is 5.78 Å². The predicted octanol–water partition coefficient (Wildman–Crippen LogP) is 4.99. The zero-order chi connectivity index (χ0) is 25.0. The van der Waals surface area contributed by atoms with Gasteiger partial charge in [0.2, 0.25) is 0 Å². The lowest BCUT2D eigenvalue weighted by Gasteiger charge is -2.51. The van der Waals surface area contributed by atoms with Crippen molar-refractivity contribution in [2.75, 3.05) is 13.7 Å². The van der Waals surface area contributed by atoms with Crippen LogP contribution in [-0.4, -0.2) is 46.5 Å². The molecule has 0 amide bonds. The summed E-state index contributed by atoms with van der Waals surface area (Å²) in [7, 11) is 1.76. The van der Waals surface area contributed by atoms with E-state index in [1.54, 1.807) is 25.1 Å². The molecule has 0 aliphatic heterocycles. The number of carbonyl (C=O) groups excluding carboxylic acids is 1. The smallest absolute Gasteiger partial charge is 0.300 e. The topological polar surface area (TPSA) is 104 Å². The van der Waals surface area contributed by atoms with Gasteiger partial charge < -0.3 is 20.1 Å². The Balaban J connectivity index is 0.000000672. The summed E-state index contributed by atoms with van der Waals surface area (Å²) in [5.74, 6) is 3.10. The van der Waals surface area contributed by atoms with Gasteiger partial charge in [-0.3, -0.25) is 9.59 Å². The van der Waals surface area contributed by atoms with Gasteiger partial charge in [0.15, 0.2) is 11.6 Å². The molecule has 3 aliphatic rings. The van der Waals surface area contributed by atoms with Crippen molar-refractivity contribution < 1.29 is 19.4 Å². The van der Waals surface area contributed by atoms with E-state index in [1.807, 2.05) is 0 Å². The summed E-state index contributed by atoms with van der Waals surface area (Å²) in [5, 5.41) is 11.3. The van der Waals surface area contributed by atoms with Crippen LogP contribution >= 0.6 is 0 Å². The standard InChI is InChI=1S/C26H35N3O2.C2H4O2/c1-26-12-11-20-19-8-6-18(31-2)16-17(19)5-7-21(20)22(26)9-10-24(26)27-13-3-4-23(30)25-28-14-15-29-25;1-2(3)4/h6,8,14-16,20-22,24,27H,3-5,7,9-13H2,1-2H3,(H,28,29);1H3,(H,3,4)/t20-,21-,22+,24+,26+;/m1./s1. The number of methoxy groups -OCH3 is 1. The summed E-state index contributed by atoms with van der Waals surface area (Å²) in [6.45, 7) is 4.53. The third kappa shape index (κ3) is 5.45. The third-order valence-electron chi connectivity index (χ3n) is 8.67. The summed E-state index contributed by atoms with van der Waals surface area (Å²) >= 11 is 0. The van der Waals surface area contributed by atoms with Crippen LogP contribution < -0.4 is 10.1 Å². The molecule has 0 bridgehead atoms. The van der Waals surface area contributed by atoms with E-state index in [0.29, 0.717) is 23.7 Å². The number of imidazole rings is 1. The molecule has 5 rings (SSSR count). The van der Waals surface area contributed by atoms with Crippen LogP contribution in [0.25, 0.3) is 0 Å². The lowest BCUT2D eigenvalue weighted by molar-refractivity contribution is -0.134. The quantitative estimate of drug-likeness (QED) is 0.380. The lowest BCUT2D eigenvalue weighted by atomic mass is 9.55. The molecule has 3 aliphatic carbocycles. The van der Waals surface area contributed by atoms with Crippen molar-refractivity contribution in [3.8, 4) is 5.75 Å². The molecule has 5 atom stereocenters. The molecule has 0 radical (unpaired) electrons. The Morgan fingerprint density at radius 2 is 2.06 bits per heavy atom. The number of aromatic amines is 1. The Kier molecular flexibility index (Phi) is 7.95. The van der Waals surface area contributed by atoms with Crippen molar-refractivity contribution in [3.05, 3.63) is 47.5 Å². The number of aliphatic carboxylic acids is 1. The first-order valence-corrected chi connectivity index (χ1v) is 13.0. The van der Waals surface area contributed by atoms with Gasteiger partial charge in [-0.05, 0) is 97.9 Å². The van der Waals surface area contributed by atoms with Gasteiger partial charge in [0.1, 0.15) is 5.75 Å². The van der Waals surface area contributed by atoms with Gasteiger partial charge in [0.05, 0.1) is 7.11 Å². The Morgan fingerprint density at radius 1 is 1.26 bits per heavy atom. The van der Waals surface area contributed by atoms with Crippen molar-refractivity contribution in [2.45, 2.75) is 77.2 Å². The number of carboxylic acids is 1. The summed E-state index contributed by atoms with van der Waals surface area (Å²) in [4.78, 5) is 28.1. The maximum absolute atomic E-state index is 12.2. The Hall–Kier alpha value is -2.67. The highest BCUT2D eigenvalue weighted by Crippen LogP contribution is 2.60. The Labute approximate surface area is 208 Å². The number of H-pyrrole nitrogens is 1. The fourth-order valence-electron chi connectivity index (χ4n) is 7.08. The van der Waals surface area contributed by atoms with Gasteiger partial charge in [0, 0.05) is 31.8 Å². The largest absolute Gasteiger partial charge is 0.497 e. The highest BCUT2D eigenvalue weighted by Gasteiger charge is 2.54. The fourth-order valence-corrected chi connectivity index (χ4v) is 7.08. The number of aryl methyl sites for hydroxylation is 1. The number of nitrogens with zero attached hydrogens (tertiary/aromatic N) is 1. The molecule has 1 heterocycles. The second-order valence-electron chi connectivity index (χ2n) is 10.6. The molecule has 0 saturated heterocycles. The molecule has 2 saturated carbocycles. The molecule has 2 aromatic rings.